The summed E-state index contributed by atoms with van der Waals surface area (Å²) in [7, 11) is 1.83. The van der Waals surface area contributed by atoms with E-state index in [4.69, 9.17) is 4.42 Å². The van der Waals surface area contributed by atoms with E-state index < -0.39 is 0 Å². The lowest BCUT2D eigenvalue weighted by Gasteiger charge is -2.36. The minimum Gasteiger partial charge on any atom is -0.444 e. The number of aliphatic imine (C=N–C) groups is 1. The molecule has 1 fully saturated rings. The molecule has 1 aliphatic rings. The van der Waals surface area contributed by atoms with Gasteiger partial charge in [-0.15, -0.1) is 0 Å². The van der Waals surface area contributed by atoms with E-state index in [1.165, 1.54) is 17.1 Å². The molecule has 1 aromatic carbocycles. The standard InChI is InChI=1S/C22H29N7OS/c1-4-19-26-22(31-27-19)29-13-11-28(12-14-29)21(23-3)24-10-9-18-15-30-20(25-18)17-7-5-16(2)6-8-17/h5-8,15H,4,9-14H2,1-3H3,(H,23,24). The predicted molar refractivity (Wildman–Crippen MR) is 125 cm³/mol. The Morgan fingerprint density at radius 1 is 1.16 bits per heavy atom. The SMILES string of the molecule is CCc1nsc(N2CCN(C(=NC)NCCc3coc(-c4ccc(C)cc4)n3)CC2)n1. The summed E-state index contributed by atoms with van der Waals surface area (Å²) in [6, 6.07) is 8.21. The van der Waals surface area contributed by atoms with Crippen LogP contribution in [0.4, 0.5) is 5.13 Å². The number of hydrogen-bond acceptors (Lipinski definition) is 7. The van der Waals surface area contributed by atoms with Crippen LogP contribution in [0.15, 0.2) is 39.9 Å². The zero-order valence-electron chi connectivity index (χ0n) is 18.3. The highest BCUT2D eigenvalue weighted by molar-refractivity contribution is 7.09. The van der Waals surface area contributed by atoms with Crippen molar-refractivity contribution in [3.8, 4) is 11.5 Å². The van der Waals surface area contributed by atoms with Gasteiger partial charge >= 0.3 is 0 Å². The van der Waals surface area contributed by atoms with Gasteiger partial charge in [0.15, 0.2) is 5.96 Å². The number of anilines is 1. The summed E-state index contributed by atoms with van der Waals surface area (Å²) in [5.41, 5.74) is 3.16. The monoisotopic (exact) mass is 439 g/mol. The second-order valence-corrected chi connectivity index (χ2v) is 8.29. The van der Waals surface area contributed by atoms with Crippen molar-refractivity contribution in [1.29, 1.82) is 0 Å². The molecule has 0 amide bonds. The van der Waals surface area contributed by atoms with E-state index in [1.807, 2.05) is 19.2 Å². The molecule has 0 spiro atoms. The molecule has 0 bridgehead atoms. The molecule has 3 heterocycles. The first kappa shape index (κ1) is 21.3. The van der Waals surface area contributed by atoms with Crippen LogP contribution in [0.1, 0.15) is 24.0 Å². The van der Waals surface area contributed by atoms with Gasteiger partial charge in [-0.25, -0.2) is 9.97 Å². The lowest BCUT2D eigenvalue weighted by atomic mass is 10.1. The molecule has 1 aliphatic heterocycles. The summed E-state index contributed by atoms with van der Waals surface area (Å²) in [6.45, 7) is 8.56. The molecule has 0 radical (unpaired) electrons. The lowest BCUT2D eigenvalue weighted by Crippen LogP contribution is -2.52. The summed E-state index contributed by atoms with van der Waals surface area (Å²) in [5.74, 6) is 2.52. The number of hydrogen-bond donors (Lipinski definition) is 1. The number of rotatable bonds is 6. The Bertz CT molecular complexity index is 1000. The molecule has 1 N–H and O–H groups in total. The summed E-state index contributed by atoms with van der Waals surface area (Å²) in [5, 5.41) is 4.49. The number of nitrogens with one attached hydrogen (secondary N) is 1. The van der Waals surface area contributed by atoms with Gasteiger partial charge in [0.05, 0.1) is 5.69 Å². The molecule has 9 heteroatoms. The topological polar surface area (TPSA) is 82.7 Å². The molecule has 0 saturated carbocycles. The van der Waals surface area contributed by atoms with Crippen molar-refractivity contribution in [3.05, 3.63) is 47.6 Å². The van der Waals surface area contributed by atoms with Crippen LogP contribution in [-0.2, 0) is 12.8 Å². The average Bonchev–Trinajstić information content (AvgIpc) is 3.47. The molecule has 0 aliphatic carbocycles. The Morgan fingerprint density at radius 2 is 1.94 bits per heavy atom. The maximum atomic E-state index is 5.66. The molecule has 0 atom stereocenters. The minimum absolute atomic E-state index is 0.665. The van der Waals surface area contributed by atoms with Crippen molar-refractivity contribution in [2.24, 2.45) is 4.99 Å². The third-order valence-corrected chi connectivity index (χ3v) is 6.16. The molecular weight excluding hydrogens is 410 g/mol. The van der Waals surface area contributed by atoms with Crippen molar-refractivity contribution < 1.29 is 4.42 Å². The maximum Gasteiger partial charge on any atom is 0.226 e. The van der Waals surface area contributed by atoms with Crippen molar-refractivity contribution in [2.75, 3.05) is 44.7 Å². The van der Waals surface area contributed by atoms with Crippen LogP contribution in [0.25, 0.3) is 11.5 Å². The molecule has 2 aromatic heterocycles. The first-order chi connectivity index (χ1) is 15.2. The van der Waals surface area contributed by atoms with Crippen LogP contribution in [0, 0.1) is 6.92 Å². The van der Waals surface area contributed by atoms with E-state index in [1.54, 1.807) is 6.26 Å². The first-order valence-electron chi connectivity index (χ1n) is 10.7. The molecular formula is C22H29N7OS. The van der Waals surface area contributed by atoms with Gasteiger partial charge in [-0.05, 0) is 19.1 Å². The van der Waals surface area contributed by atoms with E-state index >= 15 is 0 Å². The second kappa shape index (κ2) is 9.91. The largest absolute Gasteiger partial charge is 0.444 e. The smallest absolute Gasteiger partial charge is 0.226 e. The van der Waals surface area contributed by atoms with E-state index in [0.29, 0.717) is 5.89 Å². The van der Waals surface area contributed by atoms with Gasteiger partial charge in [0.25, 0.3) is 0 Å². The van der Waals surface area contributed by atoms with Crippen molar-refractivity contribution in [1.82, 2.24) is 24.6 Å². The number of benzene rings is 1. The molecule has 8 nitrogen and oxygen atoms in total. The fourth-order valence-corrected chi connectivity index (χ4v) is 4.31. The van der Waals surface area contributed by atoms with Crippen LogP contribution in [0.2, 0.25) is 0 Å². The zero-order chi connectivity index (χ0) is 21.6. The Balaban J connectivity index is 1.25. The Labute approximate surface area is 187 Å². The highest BCUT2D eigenvalue weighted by Gasteiger charge is 2.22. The van der Waals surface area contributed by atoms with Crippen LogP contribution in [0.5, 0.6) is 0 Å². The van der Waals surface area contributed by atoms with E-state index in [-0.39, 0.29) is 0 Å². The normalized spacial score (nSPS) is 14.9. The molecule has 1 saturated heterocycles. The number of piperazine rings is 1. The quantitative estimate of drug-likeness (QED) is 0.467. The first-order valence-corrected chi connectivity index (χ1v) is 11.5. The zero-order valence-corrected chi connectivity index (χ0v) is 19.2. The lowest BCUT2D eigenvalue weighted by molar-refractivity contribution is 0.372. The highest BCUT2D eigenvalue weighted by atomic mass is 32.1. The number of guanidine groups is 1. The van der Waals surface area contributed by atoms with Crippen LogP contribution < -0.4 is 10.2 Å². The van der Waals surface area contributed by atoms with Crippen molar-refractivity contribution in [3.63, 3.8) is 0 Å². The Kier molecular flexibility index (Phi) is 6.81. The Hall–Kier alpha value is -2.94. The number of nitrogens with zero attached hydrogens (tertiary/aromatic N) is 6. The van der Waals surface area contributed by atoms with Gasteiger partial charge in [0.2, 0.25) is 11.0 Å². The van der Waals surface area contributed by atoms with E-state index in [9.17, 15) is 0 Å². The van der Waals surface area contributed by atoms with Gasteiger partial charge in [-0.3, -0.25) is 4.99 Å². The minimum atomic E-state index is 0.665. The number of aryl methyl sites for hydroxylation is 2. The van der Waals surface area contributed by atoms with Gasteiger partial charge < -0.3 is 19.5 Å². The highest BCUT2D eigenvalue weighted by Crippen LogP contribution is 2.20. The van der Waals surface area contributed by atoms with Gasteiger partial charge in [0, 0.05) is 69.7 Å². The molecule has 164 valence electrons. The predicted octanol–water partition coefficient (Wildman–Crippen LogP) is 3.00. The van der Waals surface area contributed by atoms with Crippen molar-refractivity contribution >= 4 is 22.6 Å². The maximum absolute atomic E-state index is 5.66. The molecule has 4 rings (SSSR count). The van der Waals surface area contributed by atoms with Gasteiger partial charge in [-0.2, -0.15) is 4.37 Å². The fraction of sp³-hybridized carbons (Fsp3) is 0.455. The van der Waals surface area contributed by atoms with Crippen LogP contribution in [0.3, 0.4) is 0 Å². The average molecular weight is 440 g/mol. The summed E-state index contributed by atoms with van der Waals surface area (Å²) in [6.07, 6.45) is 3.40. The third-order valence-electron chi connectivity index (χ3n) is 5.35. The summed E-state index contributed by atoms with van der Waals surface area (Å²) < 4.78 is 10.1. The molecule has 3 aromatic rings. The third kappa shape index (κ3) is 5.22. The van der Waals surface area contributed by atoms with Gasteiger partial charge in [0.1, 0.15) is 12.1 Å². The van der Waals surface area contributed by atoms with Crippen LogP contribution in [-0.4, -0.2) is 65.0 Å². The number of oxazole rings is 1. The summed E-state index contributed by atoms with van der Waals surface area (Å²) >= 11 is 1.49. The molecule has 31 heavy (non-hydrogen) atoms. The summed E-state index contributed by atoms with van der Waals surface area (Å²) in [4.78, 5) is 18.3. The van der Waals surface area contributed by atoms with E-state index in [2.05, 4.69) is 60.4 Å². The Morgan fingerprint density at radius 3 is 2.61 bits per heavy atom. The van der Waals surface area contributed by atoms with Gasteiger partial charge in [-0.1, -0.05) is 24.6 Å². The molecule has 0 unspecified atom stereocenters. The van der Waals surface area contributed by atoms with Crippen molar-refractivity contribution in [2.45, 2.75) is 26.7 Å². The second-order valence-electron chi connectivity index (χ2n) is 7.55. The number of aromatic nitrogens is 3. The fourth-order valence-electron chi connectivity index (χ4n) is 3.51. The van der Waals surface area contributed by atoms with E-state index in [0.717, 1.165) is 73.7 Å². The van der Waals surface area contributed by atoms with Crippen LogP contribution >= 0.6 is 11.5 Å².